The number of aliphatic hydroxyl groups is 1. The van der Waals surface area contributed by atoms with Gasteiger partial charge in [-0.2, -0.15) is 0 Å². The standard InChI is InChI=1S/C12H19BrN2O2/c1-17-12-3-2-11(13)8-10(12)9-15-5-4-14-6-7-16/h2-3,8,14-16H,4-7,9H2,1H3. The van der Waals surface area contributed by atoms with Gasteiger partial charge in [-0.3, -0.25) is 0 Å². The molecule has 0 unspecified atom stereocenters. The minimum atomic E-state index is 0.180. The molecule has 0 fully saturated rings. The summed E-state index contributed by atoms with van der Waals surface area (Å²) in [6.45, 7) is 3.29. The molecule has 0 aliphatic rings. The second-order valence-corrected chi connectivity index (χ2v) is 4.52. The first-order valence-corrected chi connectivity index (χ1v) is 6.42. The van der Waals surface area contributed by atoms with Crippen LogP contribution in [0.15, 0.2) is 22.7 Å². The van der Waals surface area contributed by atoms with Crippen LogP contribution in [0.5, 0.6) is 5.75 Å². The summed E-state index contributed by atoms with van der Waals surface area (Å²) < 4.78 is 6.34. The van der Waals surface area contributed by atoms with E-state index in [1.807, 2.05) is 18.2 Å². The van der Waals surface area contributed by atoms with Crippen molar-refractivity contribution < 1.29 is 9.84 Å². The molecule has 0 amide bonds. The van der Waals surface area contributed by atoms with Crippen LogP contribution < -0.4 is 15.4 Å². The van der Waals surface area contributed by atoms with Gasteiger partial charge in [0.2, 0.25) is 0 Å². The summed E-state index contributed by atoms with van der Waals surface area (Å²) >= 11 is 3.45. The third-order valence-electron chi connectivity index (χ3n) is 2.33. The SMILES string of the molecule is COc1ccc(Br)cc1CNCCNCCO. The van der Waals surface area contributed by atoms with Gasteiger partial charge in [-0.25, -0.2) is 0 Å². The maximum absolute atomic E-state index is 8.59. The molecule has 96 valence electrons. The largest absolute Gasteiger partial charge is 0.496 e. The molecular formula is C12H19BrN2O2. The Balaban J connectivity index is 2.32. The lowest BCUT2D eigenvalue weighted by molar-refractivity contribution is 0.292. The fourth-order valence-corrected chi connectivity index (χ4v) is 1.90. The van der Waals surface area contributed by atoms with Crippen molar-refractivity contribution in [2.24, 2.45) is 0 Å². The molecule has 0 aromatic heterocycles. The molecule has 0 radical (unpaired) electrons. The third-order valence-corrected chi connectivity index (χ3v) is 2.82. The van der Waals surface area contributed by atoms with Crippen molar-refractivity contribution in [3.63, 3.8) is 0 Å². The Labute approximate surface area is 110 Å². The van der Waals surface area contributed by atoms with Gasteiger partial charge in [-0.1, -0.05) is 15.9 Å². The Morgan fingerprint density at radius 3 is 2.71 bits per heavy atom. The topological polar surface area (TPSA) is 53.5 Å². The molecular weight excluding hydrogens is 284 g/mol. The van der Waals surface area contributed by atoms with Gasteiger partial charge in [-0.15, -0.1) is 0 Å². The van der Waals surface area contributed by atoms with E-state index in [0.717, 1.165) is 35.4 Å². The first-order valence-electron chi connectivity index (χ1n) is 5.62. The molecule has 4 nitrogen and oxygen atoms in total. The van der Waals surface area contributed by atoms with Gasteiger partial charge in [0.15, 0.2) is 0 Å². The highest BCUT2D eigenvalue weighted by Gasteiger charge is 2.02. The summed E-state index contributed by atoms with van der Waals surface area (Å²) in [6, 6.07) is 5.96. The first kappa shape index (κ1) is 14.4. The van der Waals surface area contributed by atoms with Crippen molar-refractivity contribution in [3.05, 3.63) is 28.2 Å². The molecule has 1 rings (SSSR count). The molecule has 0 saturated heterocycles. The average molecular weight is 303 g/mol. The molecule has 0 aliphatic carbocycles. The van der Waals surface area contributed by atoms with Crippen LogP contribution in [0.2, 0.25) is 0 Å². The summed E-state index contributed by atoms with van der Waals surface area (Å²) in [7, 11) is 1.68. The average Bonchev–Trinajstić information content (AvgIpc) is 2.34. The maximum Gasteiger partial charge on any atom is 0.123 e. The zero-order valence-corrected chi connectivity index (χ0v) is 11.6. The van der Waals surface area contributed by atoms with E-state index < -0.39 is 0 Å². The van der Waals surface area contributed by atoms with E-state index in [4.69, 9.17) is 9.84 Å². The summed E-state index contributed by atoms with van der Waals surface area (Å²) in [6.07, 6.45) is 0. The lowest BCUT2D eigenvalue weighted by Crippen LogP contribution is -2.28. The summed E-state index contributed by atoms with van der Waals surface area (Å²) in [5, 5.41) is 15.0. The molecule has 5 heteroatoms. The van der Waals surface area contributed by atoms with Crippen molar-refractivity contribution in [2.75, 3.05) is 33.4 Å². The number of hydrogen-bond donors (Lipinski definition) is 3. The quantitative estimate of drug-likeness (QED) is 0.630. The zero-order valence-electron chi connectivity index (χ0n) is 10.0. The predicted molar refractivity (Wildman–Crippen MR) is 72.4 cm³/mol. The van der Waals surface area contributed by atoms with Crippen LogP contribution in [0, 0.1) is 0 Å². The fourth-order valence-electron chi connectivity index (χ4n) is 1.49. The lowest BCUT2D eigenvalue weighted by atomic mass is 10.2. The molecule has 0 spiro atoms. The van der Waals surface area contributed by atoms with E-state index in [2.05, 4.69) is 26.6 Å². The van der Waals surface area contributed by atoms with Crippen molar-refractivity contribution >= 4 is 15.9 Å². The predicted octanol–water partition coefficient (Wildman–Crippen LogP) is 1.13. The van der Waals surface area contributed by atoms with Crippen LogP contribution in [0.1, 0.15) is 5.56 Å². The summed E-state index contributed by atoms with van der Waals surface area (Å²) in [4.78, 5) is 0. The second-order valence-electron chi connectivity index (χ2n) is 3.61. The van der Waals surface area contributed by atoms with E-state index in [-0.39, 0.29) is 6.61 Å². The third kappa shape index (κ3) is 5.50. The number of hydrogen-bond acceptors (Lipinski definition) is 4. The molecule has 3 N–H and O–H groups in total. The van der Waals surface area contributed by atoms with Crippen molar-refractivity contribution in [1.29, 1.82) is 0 Å². The molecule has 17 heavy (non-hydrogen) atoms. The van der Waals surface area contributed by atoms with Crippen LogP contribution in [0.25, 0.3) is 0 Å². The first-order chi connectivity index (χ1) is 8.27. The van der Waals surface area contributed by atoms with E-state index in [9.17, 15) is 0 Å². The number of halogens is 1. The molecule has 0 heterocycles. The second kappa shape index (κ2) is 8.47. The Morgan fingerprint density at radius 1 is 1.24 bits per heavy atom. The van der Waals surface area contributed by atoms with Crippen LogP contribution in [0.4, 0.5) is 0 Å². The highest BCUT2D eigenvalue weighted by atomic mass is 79.9. The van der Waals surface area contributed by atoms with Gasteiger partial charge in [0.05, 0.1) is 13.7 Å². The summed E-state index contributed by atoms with van der Waals surface area (Å²) in [5.41, 5.74) is 1.13. The van der Waals surface area contributed by atoms with Crippen molar-refractivity contribution in [2.45, 2.75) is 6.54 Å². The minimum Gasteiger partial charge on any atom is -0.496 e. The van der Waals surface area contributed by atoms with Gasteiger partial charge in [0, 0.05) is 36.2 Å². The van der Waals surface area contributed by atoms with Crippen LogP contribution in [-0.4, -0.2) is 38.5 Å². The highest BCUT2D eigenvalue weighted by Crippen LogP contribution is 2.22. The molecule has 0 bridgehead atoms. The van der Waals surface area contributed by atoms with Crippen LogP contribution >= 0.6 is 15.9 Å². The van der Waals surface area contributed by atoms with Gasteiger partial charge >= 0.3 is 0 Å². The maximum atomic E-state index is 8.59. The van der Waals surface area contributed by atoms with E-state index in [1.54, 1.807) is 7.11 Å². The molecule has 1 aromatic rings. The molecule has 0 atom stereocenters. The number of benzene rings is 1. The van der Waals surface area contributed by atoms with Gasteiger partial charge < -0.3 is 20.5 Å². The monoisotopic (exact) mass is 302 g/mol. The zero-order chi connectivity index (χ0) is 12.5. The van der Waals surface area contributed by atoms with Gasteiger partial charge in [0.1, 0.15) is 5.75 Å². The van der Waals surface area contributed by atoms with E-state index in [1.165, 1.54) is 0 Å². The molecule has 0 saturated carbocycles. The molecule has 0 aliphatic heterocycles. The fraction of sp³-hybridized carbons (Fsp3) is 0.500. The lowest BCUT2D eigenvalue weighted by Gasteiger charge is -2.10. The normalized spacial score (nSPS) is 10.5. The van der Waals surface area contributed by atoms with E-state index in [0.29, 0.717) is 6.54 Å². The van der Waals surface area contributed by atoms with E-state index >= 15 is 0 Å². The number of methoxy groups -OCH3 is 1. The minimum absolute atomic E-state index is 0.180. The smallest absolute Gasteiger partial charge is 0.123 e. The highest BCUT2D eigenvalue weighted by molar-refractivity contribution is 9.10. The Kier molecular flexibility index (Phi) is 7.19. The number of ether oxygens (including phenoxy) is 1. The summed E-state index contributed by atoms with van der Waals surface area (Å²) in [5.74, 6) is 0.893. The number of aliphatic hydroxyl groups excluding tert-OH is 1. The van der Waals surface area contributed by atoms with Crippen LogP contribution in [0.3, 0.4) is 0 Å². The number of nitrogens with one attached hydrogen (secondary N) is 2. The Morgan fingerprint density at radius 2 is 2.00 bits per heavy atom. The van der Waals surface area contributed by atoms with Crippen LogP contribution in [-0.2, 0) is 6.54 Å². The molecule has 1 aromatic carbocycles. The van der Waals surface area contributed by atoms with Crippen molar-refractivity contribution in [3.8, 4) is 5.75 Å². The Hall–Kier alpha value is -0.620. The van der Waals surface area contributed by atoms with Gasteiger partial charge in [-0.05, 0) is 18.2 Å². The number of rotatable bonds is 8. The Bertz CT molecular complexity index is 334. The van der Waals surface area contributed by atoms with Crippen molar-refractivity contribution in [1.82, 2.24) is 10.6 Å². The van der Waals surface area contributed by atoms with Gasteiger partial charge in [0.25, 0.3) is 0 Å².